The summed E-state index contributed by atoms with van der Waals surface area (Å²) in [6, 6.07) is 0.149. The number of rotatable bonds is 32. The smallest absolute Gasteiger partial charge is 0.243 e. The van der Waals surface area contributed by atoms with Gasteiger partial charge in [0, 0.05) is 18.5 Å². The number of hydrogen-bond donors (Lipinski definition) is 1. The van der Waals surface area contributed by atoms with Gasteiger partial charge in [-0.1, -0.05) is 188 Å². The van der Waals surface area contributed by atoms with Gasteiger partial charge in [-0.15, -0.1) is 0 Å². The SMILES string of the molecule is CCCCCCCCCCCCCCCCC(=O)N(C(CCCCCCC)CCCCCCC)C(C(=O)NC1CCCCC1)C1CCCN(C)CC1. The second-order valence-corrected chi connectivity index (χ2v) is 17.5. The Kier molecular flexibility index (Phi) is 29.1. The van der Waals surface area contributed by atoms with E-state index in [1.807, 2.05) is 0 Å². The molecule has 0 aromatic rings. The minimum Gasteiger partial charge on any atom is -0.352 e. The van der Waals surface area contributed by atoms with Crippen LogP contribution < -0.4 is 5.32 Å². The van der Waals surface area contributed by atoms with E-state index < -0.39 is 0 Å². The highest BCUT2D eigenvalue weighted by atomic mass is 16.2. The molecule has 0 aromatic heterocycles. The topological polar surface area (TPSA) is 52.7 Å². The molecule has 1 saturated heterocycles. The normalized spacial score (nSPS) is 18.1. The lowest BCUT2D eigenvalue weighted by molar-refractivity contribution is -0.147. The van der Waals surface area contributed by atoms with E-state index >= 15 is 0 Å². The van der Waals surface area contributed by atoms with E-state index in [-0.39, 0.29) is 35.9 Å². The molecule has 2 rings (SSSR count). The van der Waals surface area contributed by atoms with Crippen LogP contribution >= 0.6 is 0 Å². The Bertz CT molecular complexity index is 828. The third-order valence-electron chi connectivity index (χ3n) is 12.7. The van der Waals surface area contributed by atoms with Gasteiger partial charge in [0.15, 0.2) is 0 Å². The lowest BCUT2D eigenvalue weighted by Gasteiger charge is -2.42. The summed E-state index contributed by atoms with van der Waals surface area (Å²) in [5.41, 5.74) is 0. The predicted octanol–water partition coefficient (Wildman–Crippen LogP) is 13.3. The van der Waals surface area contributed by atoms with Crippen LogP contribution in [0.25, 0.3) is 0 Å². The van der Waals surface area contributed by atoms with E-state index in [0.717, 1.165) is 70.9 Å². The van der Waals surface area contributed by atoms with Crippen LogP contribution in [0.2, 0.25) is 0 Å². The first-order valence-corrected chi connectivity index (χ1v) is 23.8. The highest BCUT2D eigenvalue weighted by molar-refractivity contribution is 5.88. The summed E-state index contributed by atoms with van der Waals surface area (Å²) in [6.45, 7) is 8.99. The first-order chi connectivity index (χ1) is 25.5. The highest BCUT2D eigenvalue weighted by Crippen LogP contribution is 2.31. The maximum Gasteiger partial charge on any atom is 0.243 e. The lowest BCUT2D eigenvalue weighted by Crippen LogP contribution is -2.58. The average molecular weight is 730 g/mol. The number of hydrogen-bond acceptors (Lipinski definition) is 3. The Morgan fingerprint density at radius 1 is 0.558 bits per heavy atom. The van der Waals surface area contributed by atoms with Crippen molar-refractivity contribution in [1.29, 1.82) is 0 Å². The molecular weight excluding hydrogens is 639 g/mol. The zero-order valence-corrected chi connectivity index (χ0v) is 35.7. The number of carbonyl (C=O) groups excluding carboxylic acids is 2. The monoisotopic (exact) mass is 730 g/mol. The number of unbranched alkanes of at least 4 members (excludes halogenated alkanes) is 21. The second-order valence-electron chi connectivity index (χ2n) is 17.5. The standard InChI is InChI=1S/C47H91N3O2/c1-5-8-11-14-15-16-17-18-19-20-21-22-25-31-38-45(51)50(44(36-29-23-12-9-6-2)37-30-24-13-10-7-3)46(42-33-32-40-49(4)41-39-42)47(52)48-43-34-27-26-28-35-43/h42-44,46H,5-41H2,1-4H3,(H,48,52). The molecule has 0 radical (unpaired) electrons. The van der Waals surface area contributed by atoms with Crippen LogP contribution in [0.3, 0.4) is 0 Å². The van der Waals surface area contributed by atoms with Crippen molar-refractivity contribution in [3.8, 4) is 0 Å². The quantitative estimate of drug-likeness (QED) is 0.0701. The zero-order valence-electron chi connectivity index (χ0n) is 35.7. The molecule has 2 unspecified atom stereocenters. The molecule has 2 aliphatic rings. The molecule has 0 bridgehead atoms. The van der Waals surface area contributed by atoms with Crippen LogP contribution in [-0.4, -0.2) is 59.9 Å². The fourth-order valence-corrected chi connectivity index (χ4v) is 9.26. The van der Waals surface area contributed by atoms with Crippen molar-refractivity contribution in [1.82, 2.24) is 15.1 Å². The third-order valence-corrected chi connectivity index (χ3v) is 12.7. The molecule has 1 heterocycles. The molecule has 1 aliphatic heterocycles. The van der Waals surface area contributed by atoms with Crippen LogP contribution in [0.4, 0.5) is 0 Å². The molecule has 5 nitrogen and oxygen atoms in total. The summed E-state index contributed by atoms with van der Waals surface area (Å²) in [4.78, 5) is 34.1. The van der Waals surface area contributed by atoms with Gasteiger partial charge in [0.05, 0.1) is 0 Å². The van der Waals surface area contributed by atoms with Gasteiger partial charge in [-0.2, -0.15) is 0 Å². The van der Waals surface area contributed by atoms with Crippen LogP contribution in [0, 0.1) is 5.92 Å². The fraction of sp³-hybridized carbons (Fsp3) is 0.957. The molecule has 0 spiro atoms. The Morgan fingerprint density at radius 3 is 1.52 bits per heavy atom. The Balaban J connectivity index is 2.13. The number of likely N-dealkylation sites (tertiary alicyclic amines) is 1. The molecule has 2 fully saturated rings. The first-order valence-electron chi connectivity index (χ1n) is 23.8. The molecule has 2 amide bonds. The van der Waals surface area contributed by atoms with E-state index in [0.29, 0.717) is 6.42 Å². The zero-order chi connectivity index (χ0) is 37.5. The summed E-state index contributed by atoms with van der Waals surface area (Å²) >= 11 is 0. The third kappa shape index (κ3) is 21.7. The maximum absolute atomic E-state index is 14.7. The molecule has 1 aliphatic carbocycles. The average Bonchev–Trinajstić information content (AvgIpc) is 3.37. The Labute approximate surface area is 325 Å². The molecule has 2 atom stereocenters. The van der Waals surface area contributed by atoms with Crippen LogP contribution in [0.15, 0.2) is 0 Å². The van der Waals surface area contributed by atoms with Gasteiger partial charge >= 0.3 is 0 Å². The van der Waals surface area contributed by atoms with E-state index in [4.69, 9.17) is 0 Å². The maximum atomic E-state index is 14.7. The summed E-state index contributed by atoms with van der Waals surface area (Å²) in [7, 11) is 2.23. The van der Waals surface area contributed by atoms with Crippen molar-refractivity contribution in [3.05, 3.63) is 0 Å². The van der Waals surface area contributed by atoms with Crippen LogP contribution in [-0.2, 0) is 9.59 Å². The van der Waals surface area contributed by atoms with Crippen LogP contribution in [0.1, 0.15) is 245 Å². The molecular formula is C47H91N3O2. The highest BCUT2D eigenvalue weighted by Gasteiger charge is 2.40. The van der Waals surface area contributed by atoms with Gasteiger partial charge in [0.25, 0.3) is 0 Å². The first kappa shape index (κ1) is 47.1. The Morgan fingerprint density at radius 2 is 1.02 bits per heavy atom. The van der Waals surface area contributed by atoms with Gasteiger partial charge < -0.3 is 15.1 Å². The van der Waals surface area contributed by atoms with E-state index in [1.54, 1.807) is 0 Å². The molecule has 0 aromatic carbocycles. The minimum atomic E-state index is -0.316. The van der Waals surface area contributed by atoms with E-state index in [2.05, 4.69) is 42.9 Å². The van der Waals surface area contributed by atoms with Gasteiger partial charge in [0.1, 0.15) is 6.04 Å². The largest absolute Gasteiger partial charge is 0.352 e. The van der Waals surface area contributed by atoms with Crippen molar-refractivity contribution in [2.45, 2.75) is 264 Å². The van der Waals surface area contributed by atoms with Crippen molar-refractivity contribution < 1.29 is 9.59 Å². The number of nitrogens with zero attached hydrogens (tertiary/aromatic N) is 2. The van der Waals surface area contributed by atoms with Crippen molar-refractivity contribution >= 4 is 11.8 Å². The van der Waals surface area contributed by atoms with Crippen molar-refractivity contribution in [3.63, 3.8) is 0 Å². The van der Waals surface area contributed by atoms with Gasteiger partial charge in [0.2, 0.25) is 11.8 Å². The minimum absolute atomic E-state index is 0.178. The van der Waals surface area contributed by atoms with Gasteiger partial charge in [-0.25, -0.2) is 0 Å². The van der Waals surface area contributed by atoms with Crippen LogP contribution in [0.5, 0.6) is 0 Å². The molecule has 1 N–H and O–H groups in total. The summed E-state index contributed by atoms with van der Waals surface area (Å²) in [6.07, 6.45) is 42.9. The van der Waals surface area contributed by atoms with Crippen molar-refractivity contribution in [2.75, 3.05) is 20.1 Å². The fourth-order valence-electron chi connectivity index (χ4n) is 9.26. The molecule has 306 valence electrons. The van der Waals surface area contributed by atoms with E-state index in [1.165, 1.54) is 161 Å². The molecule has 52 heavy (non-hydrogen) atoms. The summed E-state index contributed by atoms with van der Waals surface area (Å²) in [5, 5.41) is 3.58. The summed E-state index contributed by atoms with van der Waals surface area (Å²) < 4.78 is 0. The second kappa shape index (κ2) is 32.2. The van der Waals surface area contributed by atoms with Gasteiger partial charge in [-0.3, -0.25) is 9.59 Å². The Hall–Kier alpha value is -1.10. The predicted molar refractivity (Wildman–Crippen MR) is 226 cm³/mol. The number of nitrogens with one attached hydrogen (secondary N) is 1. The summed E-state index contributed by atoms with van der Waals surface area (Å²) in [5.74, 6) is 0.710. The van der Waals surface area contributed by atoms with E-state index in [9.17, 15) is 9.59 Å². The van der Waals surface area contributed by atoms with Crippen molar-refractivity contribution in [2.24, 2.45) is 5.92 Å². The molecule has 1 saturated carbocycles. The lowest BCUT2D eigenvalue weighted by atomic mass is 9.86. The molecule has 5 heteroatoms. The van der Waals surface area contributed by atoms with Gasteiger partial charge in [-0.05, 0) is 77.4 Å². The number of amides is 2. The number of carbonyl (C=O) groups is 2.